The molecule has 1 aromatic rings. The summed E-state index contributed by atoms with van der Waals surface area (Å²) in [6.07, 6.45) is -1.80. The van der Waals surface area contributed by atoms with Crippen LogP contribution in [0.4, 0.5) is 20.6 Å². The van der Waals surface area contributed by atoms with Gasteiger partial charge >= 0.3 is 6.09 Å². The van der Waals surface area contributed by atoms with E-state index < -0.39 is 12.4 Å². The first-order valence-electron chi connectivity index (χ1n) is 6.96. The molecule has 7 heteroatoms. The smallest absolute Gasteiger partial charge is 0.414 e. The molecule has 114 valence electrons. The van der Waals surface area contributed by atoms with Gasteiger partial charge in [0, 0.05) is 24.5 Å². The molecule has 2 aliphatic heterocycles. The van der Waals surface area contributed by atoms with E-state index in [-0.39, 0.29) is 12.7 Å². The predicted molar refractivity (Wildman–Crippen MR) is 76.2 cm³/mol. The van der Waals surface area contributed by atoms with E-state index in [1.165, 1.54) is 4.90 Å². The van der Waals surface area contributed by atoms with E-state index in [4.69, 9.17) is 15.2 Å². The third-order valence-corrected chi connectivity index (χ3v) is 3.70. The molecule has 2 aliphatic rings. The van der Waals surface area contributed by atoms with Crippen LogP contribution in [-0.4, -0.2) is 51.3 Å². The zero-order valence-corrected chi connectivity index (χ0v) is 11.6. The van der Waals surface area contributed by atoms with Crippen molar-refractivity contribution < 1.29 is 18.7 Å². The molecule has 0 saturated carbocycles. The van der Waals surface area contributed by atoms with E-state index >= 15 is 0 Å². The van der Waals surface area contributed by atoms with Crippen LogP contribution < -0.4 is 15.5 Å². The zero-order valence-electron chi connectivity index (χ0n) is 11.6. The monoisotopic (exact) mass is 295 g/mol. The van der Waals surface area contributed by atoms with Crippen molar-refractivity contribution in [2.75, 3.05) is 42.6 Å². The van der Waals surface area contributed by atoms with Crippen molar-refractivity contribution in [2.45, 2.75) is 12.4 Å². The van der Waals surface area contributed by atoms with Gasteiger partial charge in [-0.2, -0.15) is 0 Å². The highest BCUT2D eigenvalue weighted by Gasteiger charge is 2.31. The maximum Gasteiger partial charge on any atom is 0.414 e. The standard InChI is InChI=1S/C14H18FN3O3/c15-13-9-20-6-5-17(13)10-1-3-11(4-2-10)18-8-12(7-16)21-14(18)19/h1-4,12-13H,5-9,16H2/t12-,13+/m0/s1. The number of halogens is 1. The Morgan fingerprint density at radius 3 is 2.62 bits per heavy atom. The zero-order chi connectivity index (χ0) is 14.8. The number of nitrogens with zero attached hydrogens (tertiary/aromatic N) is 2. The largest absolute Gasteiger partial charge is 0.443 e. The second kappa shape index (κ2) is 5.87. The summed E-state index contributed by atoms with van der Waals surface area (Å²) in [7, 11) is 0. The van der Waals surface area contributed by atoms with Gasteiger partial charge in [0.25, 0.3) is 0 Å². The molecular formula is C14H18FN3O3. The maximum atomic E-state index is 13.8. The van der Waals surface area contributed by atoms with Gasteiger partial charge in [0.2, 0.25) is 0 Å². The average Bonchev–Trinajstić information content (AvgIpc) is 2.89. The first-order chi connectivity index (χ1) is 10.2. The summed E-state index contributed by atoms with van der Waals surface area (Å²) in [6.45, 7) is 1.86. The minimum absolute atomic E-state index is 0.0817. The lowest BCUT2D eigenvalue weighted by atomic mass is 10.2. The number of nitrogens with two attached hydrogens (primary N) is 1. The summed E-state index contributed by atoms with van der Waals surface area (Å²) in [5, 5.41) is 0. The SMILES string of the molecule is NC[C@H]1CN(c2ccc(N3CCOC[C@@H]3F)cc2)C(=O)O1. The van der Waals surface area contributed by atoms with Gasteiger partial charge in [0.05, 0.1) is 19.8 Å². The number of ether oxygens (including phenoxy) is 2. The number of amides is 1. The Hall–Kier alpha value is -1.86. The van der Waals surface area contributed by atoms with Crippen LogP contribution in [0, 0.1) is 0 Å². The van der Waals surface area contributed by atoms with E-state index in [9.17, 15) is 9.18 Å². The lowest BCUT2D eigenvalue weighted by Gasteiger charge is -2.32. The molecular weight excluding hydrogens is 277 g/mol. The number of benzene rings is 1. The Kier molecular flexibility index (Phi) is 3.94. The van der Waals surface area contributed by atoms with Gasteiger partial charge in [-0.1, -0.05) is 0 Å². The minimum atomic E-state index is -1.14. The highest BCUT2D eigenvalue weighted by molar-refractivity contribution is 5.90. The quantitative estimate of drug-likeness (QED) is 0.846. The fourth-order valence-corrected chi connectivity index (χ4v) is 2.54. The Labute approximate surface area is 122 Å². The van der Waals surface area contributed by atoms with Gasteiger partial charge in [-0.25, -0.2) is 9.18 Å². The van der Waals surface area contributed by atoms with Crippen LogP contribution in [0.3, 0.4) is 0 Å². The van der Waals surface area contributed by atoms with Crippen LogP contribution in [0.15, 0.2) is 24.3 Å². The second-order valence-electron chi connectivity index (χ2n) is 5.07. The Bertz CT molecular complexity index is 511. The summed E-state index contributed by atoms with van der Waals surface area (Å²) in [6, 6.07) is 7.18. The highest BCUT2D eigenvalue weighted by atomic mass is 19.1. The summed E-state index contributed by atoms with van der Waals surface area (Å²) in [5.74, 6) is 0. The van der Waals surface area contributed by atoms with E-state index in [0.29, 0.717) is 26.2 Å². The topological polar surface area (TPSA) is 68.0 Å². The molecule has 3 rings (SSSR count). The van der Waals surface area contributed by atoms with E-state index in [2.05, 4.69) is 0 Å². The van der Waals surface area contributed by atoms with Crippen molar-refractivity contribution in [2.24, 2.45) is 5.73 Å². The van der Waals surface area contributed by atoms with Gasteiger partial charge < -0.3 is 20.1 Å². The molecule has 2 saturated heterocycles. The van der Waals surface area contributed by atoms with Gasteiger partial charge in [-0.3, -0.25) is 4.90 Å². The van der Waals surface area contributed by atoms with Crippen molar-refractivity contribution >= 4 is 17.5 Å². The van der Waals surface area contributed by atoms with Gasteiger partial charge in [-0.05, 0) is 24.3 Å². The van der Waals surface area contributed by atoms with Crippen molar-refractivity contribution in [1.29, 1.82) is 0 Å². The number of cyclic esters (lactones) is 1. The number of carbonyl (C=O) groups is 1. The molecule has 2 N–H and O–H groups in total. The Morgan fingerprint density at radius 1 is 1.29 bits per heavy atom. The molecule has 0 aliphatic carbocycles. The molecule has 6 nitrogen and oxygen atoms in total. The van der Waals surface area contributed by atoms with Crippen LogP contribution in [-0.2, 0) is 9.47 Å². The third-order valence-electron chi connectivity index (χ3n) is 3.70. The highest BCUT2D eigenvalue weighted by Crippen LogP contribution is 2.26. The summed E-state index contributed by atoms with van der Waals surface area (Å²) in [5.41, 5.74) is 7.01. The molecule has 0 aromatic heterocycles. The fourth-order valence-electron chi connectivity index (χ4n) is 2.54. The molecule has 2 heterocycles. The van der Waals surface area contributed by atoms with Crippen molar-refractivity contribution in [3.63, 3.8) is 0 Å². The first-order valence-corrected chi connectivity index (χ1v) is 6.96. The Morgan fingerprint density at radius 2 is 2.00 bits per heavy atom. The van der Waals surface area contributed by atoms with E-state index in [1.54, 1.807) is 29.2 Å². The van der Waals surface area contributed by atoms with Crippen LogP contribution in [0.1, 0.15) is 0 Å². The van der Waals surface area contributed by atoms with Crippen LogP contribution in [0.2, 0.25) is 0 Å². The van der Waals surface area contributed by atoms with E-state index in [0.717, 1.165) is 11.4 Å². The van der Waals surface area contributed by atoms with E-state index in [1.807, 2.05) is 0 Å². The average molecular weight is 295 g/mol. The molecule has 2 fully saturated rings. The molecule has 1 amide bonds. The van der Waals surface area contributed by atoms with Gasteiger partial charge in [0.1, 0.15) is 6.10 Å². The number of hydrogen-bond donors (Lipinski definition) is 1. The number of alkyl halides is 1. The van der Waals surface area contributed by atoms with Gasteiger partial charge in [0.15, 0.2) is 6.30 Å². The fraction of sp³-hybridized carbons (Fsp3) is 0.500. The maximum absolute atomic E-state index is 13.8. The number of carbonyl (C=O) groups excluding carboxylic acids is 1. The van der Waals surface area contributed by atoms with Crippen LogP contribution in [0.5, 0.6) is 0 Å². The Balaban J connectivity index is 1.73. The lowest BCUT2D eigenvalue weighted by Crippen LogP contribution is -2.42. The van der Waals surface area contributed by atoms with Gasteiger partial charge in [-0.15, -0.1) is 0 Å². The van der Waals surface area contributed by atoms with Crippen LogP contribution in [0.25, 0.3) is 0 Å². The molecule has 0 bridgehead atoms. The number of rotatable bonds is 3. The van der Waals surface area contributed by atoms with Crippen molar-refractivity contribution in [3.8, 4) is 0 Å². The number of hydrogen-bond acceptors (Lipinski definition) is 5. The molecule has 0 spiro atoms. The molecule has 1 aromatic carbocycles. The molecule has 2 atom stereocenters. The minimum Gasteiger partial charge on any atom is -0.443 e. The molecule has 21 heavy (non-hydrogen) atoms. The number of anilines is 2. The second-order valence-corrected chi connectivity index (χ2v) is 5.07. The summed E-state index contributed by atoms with van der Waals surface area (Å²) >= 11 is 0. The summed E-state index contributed by atoms with van der Waals surface area (Å²) in [4.78, 5) is 14.9. The summed E-state index contributed by atoms with van der Waals surface area (Å²) < 4.78 is 24.0. The lowest BCUT2D eigenvalue weighted by molar-refractivity contribution is 0.0497. The predicted octanol–water partition coefficient (Wildman–Crippen LogP) is 1.10. The van der Waals surface area contributed by atoms with Crippen molar-refractivity contribution in [3.05, 3.63) is 24.3 Å². The molecule has 0 unspecified atom stereocenters. The normalized spacial score (nSPS) is 26.1. The molecule has 0 radical (unpaired) electrons. The third kappa shape index (κ3) is 2.79. The first kappa shape index (κ1) is 14.1. The van der Waals surface area contributed by atoms with Crippen molar-refractivity contribution in [1.82, 2.24) is 0 Å². The number of morpholine rings is 1. The van der Waals surface area contributed by atoms with Crippen LogP contribution >= 0.6 is 0 Å².